The average Bonchev–Trinajstić information content (AvgIpc) is 2.88. The lowest BCUT2D eigenvalue weighted by Crippen LogP contribution is -2.18. The molecule has 1 aliphatic heterocycles. The molecule has 0 atom stereocenters. The number of para-hydroxylation sites is 1. The largest absolute Gasteiger partial charge is 0.454 e. The molecule has 1 heterocycles. The number of nitrogens with one attached hydrogen (secondary N) is 1. The van der Waals surface area contributed by atoms with Crippen LogP contribution in [-0.2, 0) is 6.18 Å². The second kappa shape index (κ2) is 7.06. The summed E-state index contributed by atoms with van der Waals surface area (Å²) in [6, 6.07) is 16.2. The van der Waals surface area contributed by atoms with Crippen LogP contribution >= 0.6 is 0 Å². The fourth-order valence-electron chi connectivity index (χ4n) is 2.98. The molecule has 0 spiro atoms. The van der Waals surface area contributed by atoms with Gasteiger partial charge in [0.1, 0.15) is 11.4 Å². The van der Waals surface area contributed by atoms with E-state index in [0.717, 1.165) is 12.1 Å². The minimum Gasteiger partial charge on any atom is -0.454 e. The Morgan fingerprint density at radius 1 is 0.966 bits per heavy atom. The Hall–Kier alpha value is -3.65. The molecule has 1 amide bonds. The molecule has 5 nitrogen and oxygen atoms in total. The lowest BCUT2D eigenvalue weighted by molar-refractivity contribution is -0.137. The number of carbonyl (C=O) groups excluding carboxylic acids is 1. The number of carbonyl (C=O) groups is 1. The first-order valence-electron chi connectivity index (χ1n) is 8.49. The third kappa shape index (κ3) is 3.57. The van der Waals surface area contributed by atoms with Gasteiger partial charge in [-0.25, -0.2) is 10.5 Å². The van der Waals surface area contributed by atoms with Gasteiger partial charge in [0.05, 0.1) is 11.3 Å². The normalized spacial score (nSPS) is 12.8. The van der Waals surface area contributed by atoms with Crippen molar-refractivity contribution >= 4 is 17.3 Å². The fourth-order valence-corrected chi connectivity index (χ4v) is 2.98. The van der Waals surface area contributed by atoms with Gasteiger partial charge in [0.25, 0.3) is 5.91 Å². The van der Waals surface area contributed by atoms with Crippen molar-refractivity contribution in [2.45, 2.75) is 6.18 Å². The number of rotatable bonds is 2. The van der Waals surface area contributed by atoms with Gasteiger partial charge in [0, 0.05) is 16.7 Å². The highest BCUT2D eigenvalue weighted by Crippen LogP contribution is 2.42. The van der Waals surface area contributed by atoms with E-state index in [-0.39, 0.29) is 17.0 Å². The number of amides is 1. The van der Waals surface area contributed by atoms with Crippen LogP contribution in [0, 0.1) is 0 Å². The van der Waals surface area contributed by atoms with Gasteiger partial charge in [-0.3, -0.25) is 10.0 Å². The van der Waals surface area contributed by atoms with E-state index >= 15 is 0 Å². The topological polar surface area (TPSA) is 70.9 Å². The minimum atomic E-state index is -4.51. The molecule has 1 aliphatic rings. The molecule has 0 aromatic heterocycles. The number of aliphatic imine (C=N–C) groups is 1. The molecule has 8 heteroatoms. The summed E-state index contributed by atoms with van der Waals surface area (Å²) in [5, 5.41) is 8.74. The summed E-state index contributed by atoms with van der Waals surface area (Å²) in [4.78, 5) is 16.0. The molecule has 0 bridgehead atoms. The van der Waals surface area contributed by atoms with Gasteiger partial charge in [0.15, 0.2) is 5.75 Å². The predicted molar refractivity (Wildman–Crippen MR) is 99.0 cm³/mol. The minimum absolute atomic E-state index is 0.0446. The number of fused-ring (bicyclic) bond motifs is 2. The summed E-state index contributed by atoms with van der Waals surface area (Å²) < 4.78 is 45.3. The third-order valence-electron chi connectivity index (χ3n) is 4.40. The van der Waals surface area contributed by atoms with Gasteiger partial charge in [0.2, 0.25) is 0 Å². The smallest absolute Gasteiger partial charge is 0.416 e. The first kappa shape index (κ1) is 18.7. The van der Waals surface area contributed by atoms with Crippen molar-refractivity contribution in [3.63, 3.8) is 0 Å². The van der Waals surface area contributed by atoms with Gasteiger partial charge in [-0.2, -0.15) is 13.2 Å². The third-order valence-corrected chi connectivity index (χ3v) is 4.40. The van der Waals surface area contributed by atoms with E-state index in [1.54, 1.807) is 41.9 Å². The van der Waals surface area contributed by atoms with E-state index < -0.39 is 17.6 Å². The predicted octanol–water partition coefficient (Wildman–Crippen LogP) is 5.10. The quantitative estimate of drug-likeness (QED) is 0.365. The number of hydrogen-bond acceptors (Lipinski definition) is 4. The molecule has 3 aromatic rings. The molecule has 3 aromatic carbocycles. The van der Waals surface area contributed by atoms with Crippen molar-refractivity contribution in [1.82, 2.24) is 5.48 Å². The molecular formula is C21H13F3N2O3. The Labute approximate surface area is 163 Å². The van der Waals surface area contributed by atoms with E-state index in [9.17, 15) is 18.0 Å². The lowest BCUT2D eigenvalue weighted by Gasteiger charge is -2.11. The van der Waals surface area contributed by atoms with Crippen LogP contribution in [0.3, 0.4) is 0 Å². The van der Waals surface area contributed by atoms with Gasteiger partial charge >= 0.3 is 6.18 Å². The van der Waals surface area contributed by atoms with Crippen LogP contribution in [0.15, 0.2) is 71.7 Å². The van der Waals surface area contributed by atoms with Gasteiger partial charge < -0.3 is 4.74 Å². The van der Waals surface area contributed by atoms with E-state index in [0.29, 0.717) is 22.6 Å². The monoisotopic (exact) mass is 398 g/mol. The Kier molecular flexibility index (Phi) is 4.56. The fraction of sp³-hybridized carbons (Fsp3) is 0.0476. The number of benzene rings is 3. The van der Waals surface area contributed by atoms with E-state index in [1.807, 2.05) is 0 Å². The molecule has 0 unspecified atom stereocenters. The van der Waals surface area contributed by atoms with Crippen molar-refractivity contribution in [3.05, 3.63) is 89.0 Å². The van der Waals surface area contributed by atoms with Crippen LogP contribution in [0.4, 0.5) is 18.9 Å². The molecule has 0 aliphatic carbocycles. The first-order chi connectivity index (χ1) is 13.9. The van der Waals surface area contributed by atoms with Crippen LogP contribution in [0.5, 0.6) is 11.5 Å². The summed E-state index contributed by atoms with van der Waals surface area (Å²) in [6.45, 7) is 0. The number of hydrogen-bond donors (Lipinski definition) is 2. The zero-order valence-corrected chi connectivity index (χ0v) is 14.7. The van der Waals surface area contributed by atoms with Gasteiger partial charge in [-0.1, -0.05) is 24.3 Å². The van der Waals surface area contributed by atoms with E-state index in [2.05, 4.69) is 4.99 Å². The van der Waals surface area contributed by atoms with Crippen molar-refractivity contribution in [2.75, 3.05) is 0 Å². The molecular weight excluding hydrogens is 385 g/mol. The summed E-state index contributed by atoms with van der Waals surface area (Å²) >= 11 is 0. The SMILES string of the molecule is O=C(NO)c1ccc(C2=Nc3cc(C(F)(F)F)ccc3Oc3ccccc32)cc1. The number of hydroxylamine groups is 1. The molecule has 2 N–H and O–H groups in total. The second-order valence-electron chi connectivity index (χ2n) is 6.26. The first-order valence-corrected chi connectivity index (χ1v) is 8.49. The van der Waals surface area contributed by atoms with Crippen LogP contribution in [0.1, 0.15) is 27.0 Å². The second-order valence-corrected chi connectivity index (χ2v) is 6.26. The summed E-state index contributed by atoms with van der Waals surface area (Å²) in [6.07, 6.45) is -4.51. The maximum Gasteiger partial charge on any atom is 0.416 e. The Morgan fingerprint density at radius 2 is 1.69 bits per heavy atom. The maximum absolute atomic E-state index is 13.1. The van der Waals surface area contributed by atoms with Crippen molar-refractivity contribution in [2.24, 2.45) is 4.99 Å². The number of ether oxygens (including phenoxy) is 1. The molecule has 0 fully saturated rings. The van der Waals surface area contributed by atoms with Crippen molar-refractivity contribution in [1.29, 1.82) is 0 Å². The van der Waals surface area contributed by atoms with Gasteiger partial charge in [-0.15, -0.1) is 0 Å². The molecule has 0 saturated carbocycles. The van der Waals surface area contributed by atoms with E-state index in [1.165, 1.54) is 18.2 Å². The molecule has 146 valence electrons. The Morgan fingerprint density at radius 3 is 2.38 bits per heavy atom. The van der Waals surface area contributed by atoms with Crippen LogP contribution in [0.25, 0.3) is 0 Å². The Bertz CT molecular complexity index is 1120. The highest BCUT2D eigenvalue weighted by molar-refractivity contribution is 6.16. The highest BCUT2D eigenvalue weighted by Gasteiger charge is 2.32. The van der Waals surface area contributed by atoms with Gasteiger partial charge in [-0.05, 0) is 42.5 Å². The summed E-state index contributed by atoms with van der Waals surface area (Å²) in [5.41, 5.74) is 2.54. The van der Waals surface area contributed by atoms with Crippen LogP contribution in [0.2, 0.25) is 0 Å². The number of halogens is 3. The maximum atomic E-state index is 13.1. The average molecular weight is 398 g/mol. The Balaban J connectivity index is 1.88. The lowest BCUT2D eigenvalue weighted by atomic mass is 10.00. The number of alkyl halides is 3. The zero-order chi connectivity index (χ0) is 20.6. The number of nitrogens with zero attached hydrogens (tertiary/aromatic N) is 1. The van der Waals surface area contributed by atoms with Crippen molar-refractivity contribution in [3.8, 4) is 11.5 Å². The van der Waals surface area contributed by atoms with Crippen molar-refractivity contribution < 1.29 is 27.9 Å². The van der Waals surface area contributed by atoms with Crippen LogP contribution in [-0.4, -0.2) is 16.8 Å². The summed E-state index contributed by atoms with van der Waals surface area (Å²) in [5.74, 6) is -0.0260. The molecule has 0 radical (unpaired) electrons. The van der Waals surface area contributed by atoms with Crippen LogP contribution < -0.4 is 10.2 Å². The van der Waals surface area contributed by atoms with E-state index in [4.69, 9.17) is 9.94 Å². The molecule has 4 rings (SSSR count). The molecule has 29 heavy (non-hydrogen) atoms. The standard InChI is InChI=1S/C21H13F3N2O3/c22-21(23,24)14-9-10-18-16(11-14)25-19(15-3-1-2-4-17(15)29-18)12-5-7-13(8-6-12)20(27)26-28/h1-11,28H,(H,26,27). The zero-order valence-electron chi connectivity index (χ0n) is 14.7. The highest BCUT2D eigenvalue weighted by atomic mass is 19.4. The summed E-state index contributed by atoms with van der Waals surface area (Å²) in [7, 11) is 0. The molecule has 0 saturated heterocycles.